The molecule has 0 aliphatic rings. The highest BCUT2D eigenvalue weighted by Gasteiger charge is 2.12. The van der Waals surface area contributed by atoms with Crippen molar-refractivity contribution in [1.82, 2.24) is 5.43 Å². The molecule has 0 aromatic heterocycles. The molecule has 0 aliphatic heterocycles. The second-order valence-corrected chi connectivity index (χ2v) is 5.39. The number of benzene rings is 2. The van der Waals surface area contributed by atoms with Gasteiger partial charge in [0.15, 0.2) is 0 Å². The number of hydrazine groups is 1. The molecule has 94 valence electrons. The highest BCUT2D eigenvalue weighted by Crippen LogP contribution is 2.24. The van der Waals surface area contributed by atoms with Crippen molar-refractivity contribution in [2.75, 3.05) is 0 Å². The minimum absolute atomic E-state index is 0.0439. The minimum Gasteiger partial charge on any atom is -0.271 e. The van der Waals surface area contributed by atoms with Crippen molar-refractivity contribution in [3.63, 3.8) is 0 Å². The van der Waals surface area contributed by atoms with Crippen LogP contribution in [0, 0.1) is 0 Å². The molecule has 1 atom stereocenters. The van der Waals surface area contributed by atoms with Gasteiger partial charge in [-0.15, -0.1) is 0 Å². The van der Waals surface area contributed by atoms with Crippen LogP contribution >= 0.6 is 27.5 Å². The lowest BCUT2D eigenvalue weighted by Crippen LogP contribution is -2.29. The molecule has 0 fully saturated rings. The van der Waals surface area contributed by atoms with Crippen molar-refractivity contribution in [1.29, 1.82) is 0 Å². The van der Waals surface area contributed by atoms with E-state index in [1.807, 2.05) is 42.5 Å². The van der Waals surface area contributed by atoms with Crippen molar-refractivity contribution in [3.05, 3.63) is 69.2 Å². The first-order chi connectivity index (χ1) is 8.70. The lowest BCUT2D eigenvalue weighted by molar-refractivity contribution is 0.552. The zero-order valence-corrected chi connectivity index (χ0v) is 12.1. The Morgan fingerprint density at radius 2 is 1.94 bits per heavy atom. The van der Waals surface area contributed by atoms with Gasteiger partial charge < -0.3 is 0 Å². The maximum atomic E-state index is 6.17. The van der Waals surface area contributed by atoms with Crippen LogP contribution in [0.3, 0.4) is 0 Å². The second-order valence-electron chi connectivity index (χ2n) is 4.07. The first-order valence-corrected chi connectivity index (χ1v) is 6.83. The molecule has 0 saturated heterocycles. The van der Waals surface area contributed by atoms with Gasteiger partial charge in [0.2, 0.25) is 0 Å². The number of halogens is 2. The van der Waals surface area contributed by atoms with Gasteiger partial charge in [-0.25, -0.2) is 0 Å². The predicted octanol–water partition coefficient (Wildman–Crippen LogP) is 3.85. The Labute approximate surface area is 120 Å². The summed E-state index contributed by atoms with van der Waals surface area (Å²) < 4.78 is 1.04. The van der Waals surface area contributed by atoms with Crippen LogP contribution in [0.4, 0.5) is 0 Å². The van der Waals surface area contributed by atoms with Gasteiger partial charge in [-0.05, 0) is 35.7 Å². The molecular weight excluding hydrogens is 312 g/mol. The largest absolute Gasteiger partial charge is 0.271 e. The number of hydrogen-bond donors (Lipinski definition) is 2. The highest BCUT2D eigenvalue weighted by atomic mass is 79.9. The van der Waals surface area contributed by atoms with E-state index in [0.29, 0.717) is 0 Å². The Morgan fingerprint density at radius 3 is 2.61 bits per heavy atom. The van der Waals surface area contributed by atoms with Crippen LogP contribution in [0.2, 0.25) is 5.02 Å². The number of nitrogens with one attached hydrogen (secondary N) is 1. The van der Waals surface area contributed by atoms with Crippen molar-refractivity contribution >= 4 is 27.5 Å². The summed E-state index contributed by atoms with van der Waals surface area (Å²) in [4.78, 5) is 0. The fraction of sp³-hybridized carbons (Fsp3) is 0.143. The summed E-state index contributed by atoms with van der Waals surface area (Å²) in [7, 11) is 0. The fourth-order valence-corrected chi connectivity index (χ4v) is 2.51. The quantitative estimate of drug-likeness (QED) is 0.662. The SMILES string of the molecule is NNC(Cc1ccccc1Cl)c1cccc(Br)c1. The van der Waals surface area contributed by atoms with Crippen molar-refractivity contribution in [3.8, 4) is 0 Å². The van der Waals surface area contributed by atoms with Crippen molar-refractivity contribution in [2.45, 2.75) is 12.5 Å². The topological polar surface area (TPSA) is 38.0 Å². The summed E-state index contributed by atoms with van der Waals surface area (Å²) in [5.74, 6) is 5.64. The van der Waals surface area contributed by atoms with E-state index < -0.39 is 0 Å². The minimum atomic E-state index is 0.0439. The summed E-state index contributed by atoms with van der Waals surface area (Å²) in [6, 6.07) is 16.0. The third-order valence-corrected chi connectivity index (χ3v) is 3.70. The van der Waals surface area contributed by atoms with Gasteiger partial charge in [0.05, 0.1) is 6.04 Å². The molecule has 0 radical (unpaired) electrons. The van der Waals surface area contributed by atoms with E-state index in [1.54, 1.807) is 0 Å². The van der Waals surface area contributed by atoms with E-state index in [-0.39, 0.29) is 6.04 Å². The molecule has 2 rings (SSSR count). The zero-order valence-electron chi connectivity index (χ0n) is 9.74. The van der Waals surface area contributed by atoms with E-state index >= 15 is 0 Å². The van der Waals surface area contributed by atoms with E-state index in [2.05, 4.69) is 27.4 Å². The lowest BCUT2D eigenvalue weighted by atomic mass is 9.99. The van der Waals surface area contributed by atoms with Gasteiger partial charge in [0.25, 0.3) is 0 Å². The molecule has 2 nitrogen and oxygen atoms in total. The first-order valence-electron chi connectivity index (χ1n) is 5.65. The molecule has 2 aromatic rings. The molecule has 0 saturated carbocycles. The van der Waals surface area contributed by atoms with Crippen LogP contribution in [0.5, 0.6) is 0 Å². The molecular formula is C14H14BrClN2. The van der Waals surface area contributed by atoms with Crippen LogP contribution in [0.1, 0.15) is 17.2 Å². The van der Waals surface area contributed by atoms with Crippen LogP contribution in [-0.2, 0) is 6.42 Å². The Morgan fingerprint density at radius 1 is 1.17 bits per heavy atom. The molecule has 3 N–H and O–H groups in total. The monoisotopic (exact) mass is 324 g/mol. The van der Waals surface area contributed by atoms with Gasteiger partial charge in [-0.1, -0.05) is 57.9 Å². The summed E-state index contributed by atoms with van der Waals surface area (Å²) in [6.07, 6.45) is 0.757. The zero-order chi connectivity index (χ0) is 13.0. The summed E-state index contributed by atoms with van der Waals surface area (Å²) in [6.45, 7) is 0. The van der Waals surface area contributed by atoms with E-state index in [1.165, 1.54) is 0 Å². The molecule has 4 heteroatoms. The molecule has 0 heterocycles. The Kier molecular flexibility index (Phi) is 4.78. The molecule has 18 heavy (non-hydrogen) atoms. The number of rotatable bonds is 4. The summed E-state index contributed by atoms with van der Waals surface area (Å²) in [5.41, 5.74) is 5.06. The standard InChI is InChI=1S/C14H14BrClN2/c15-12-6-3-5-11(8-12)14(18-17)9-10-4-1-2-7-13(10)16/h1-8,14,18H,9,17H2. The van der Waals surface area contributed by atoms with Crippen LogP contribution in [0.25, 0.3) is 0 Å². The summed E-state index contributed by atoms with van der Waals surface area (Å²) >= 11 is 9.63. The molecule has 0 amide bonds. The van der Waals surface area contributed by atoms with Gasteiger partial charge >= 0.3 is 0 Å². The van der Waals surface area contributed by atoms with Crippen molar-refractivity contribution in [2.24, 2.45) is 5.84 Å². The fourth-order valence-electron chi connectivity index (χ4n) is 1.88. The Hall–Kier alpha value is -0.870. The first kappa shape index (κ1) is 13.6. The smallest absolute Gasteiger partial charge is 0.0501 e. The molecule has 1 unspecified atom stereocenters. The molecule has 0 aliphatic carbocycles. The Balaban J connectivity index is 2.23. The molecule has 0 bridgehead atoms. The van der Waals surface area contributed by atoms with E-state index in [4.69, 9.17) is 17.4 Å². The Bertz CT molecular complexity index is 531. The van der Waals surface area contributed by atoms with Crippen LogP contribution in [0.15, 0.2) is 53.0 Å². The van der Waals surface area contributed by atoms with Gasteiger partial charge in [-0.2, -0.15) is 0 Å². The van der Waals surface area contributed by atoms with Gasteiger partial charge in [-0.3, -0.25) is 11.3 Å². The predicted molar refractivity (Wildman–Crippen MR) is 79.4 cm³/mol. The van der Waals surface area contributed by atoms with E-state index in [9.17, 15) is 0 Å². The number of nitrogens with two attached hydrogens (primary N) is 1. The second kappa shape index (κ2) is 6.34. The average Bonchev–Trinajstić information content (AvgIpc) is 2.38. The van der Waals surface area contributed by atoms with Gasteiger partial charge in [0, 0.05) is 9.50 Å². The summed E-state index contributed by atoms with van der Waals surface area (Å²) in [5, 5.41) is 0.771. The molecule has 0 spiro atoms. The average molecular weight is 326 g/mol. The normalized spacial score (nSPS) is 12.4. The maximum Gasteiger partial charge on any atom is 0.0501 e. The maximum absolute atomic E-state index is 6.17. The van der Waals surface area contributed by atoms with Crippen molar-refractivity contribution < 1.29 is 0 Å². The number of hydrogen-bond acceptors (Lipinski definition) is 2. The third kappa shape index (κ3) is 3.33. The highest BCUT2D eigenvalue weighted by molar-refractivity contribution is 9.10. The van der Waals surface area contributed by atoms with Crippen LogP contribution < -0.4 is 11.3 Å². The third-order valence-electron chi connectivity index (χ3n) is 2.83. The molecule has 2 aromatic carbocycles. The van der Waals surface area contributed by atoms with Gasteiger partial charge in [0.1, 0.15) is 0 Å². The lowest BCUT2D eigenvalue weighted by Gasteiger charge is -2.17. The van der Waals surface area contributed by atoms with Crippen LogP contribution in [-0.4, -0.2) is 0 Å². The van der Waals surface area contributed by atoms with E-state index in [0.717, 1.165) is 27.0 Å².